The van der Waals surface area contributed by atoms with E-state index in [0.717, 1.165) is 6.34 Å². The quantitative estimate of drug-likeness (QED) is 0.327. The van der Waals surface area contributed by atoms with Crippen LogP contribution in [-0.2, 0) is 4.74 Å². The lowest BCUT2D eigenvalue weighted by molar-refractivity contribution is 0.0601. The zero-order valence-electron chi connectivity index (χ0n) is 7.60. The number of esters is 1. The molecule has 0 aliphatic rings. The van der Waals surface area contributed by atoms with Crippen LogP contribution >= 0.6 is 0 Å². The van der Waals surface area contributed by atoms with Crippen LogP contribution in [-0.4, -0.2) is 24.6 Å². The molecule has 0 aromatic heterocycles. The highest BCUT2D eigenvalue weighted by Crippen LogP contribution is 2.13. The van der Waals surface area contributed by atoms with Gasteiger partial charge in [-0.15, -0.1) is 0 Å². The molecule has 5 nitrogen and oxygen atoms in total. The highest BCUT2D eigenvalue weighted by atomic mass is 16.5. The maximum Gasteiger partial charge on any atom is 0.337 e. The van der Waals surface area contributed by atoms with Gasteiger partial charge in [-0.2, -0.15) is 0 Å². The lowest BCUT2D eigenvalue weighted by Crippen LogP contribution is -2.02. The Bertz CT molecular complexity index is 350. The third-order valence-corrected chi connectivity index (χ3v) is 1.54. The second-order valence-corrected chi connectivity index (χ2v) is 2.43. The van der Waals surface area contributed by atoms with Crippen molar-refractivity contribution in [2.45, 2.75) is 0 Å². The summed E-state index contributed by atoms with van der Waals surface area (Å²) >= 11 is 0. The fraction of sp³-hybridized carbons (Fsp3) is 0.111. The molecule has 0 fully saturated rings. The molecule has 74 valence electrons. The fourth-order valence-electron chi connectivity index (χ4n) is 0.934. The maximum absolute atomic E-state index is 11.1. The lowest BCUT2D eigenvalue weighted by Gasteiger charge is -1.99. The second kappa shape index (κ2) is 4.98. The first-order valence-electron chi connectivity index (χ1n) is 3.88. The van der Waals surface area contributed by atoms with Crippen molar-refractivity contribution in [3.05, 3.63) is 29.8 Å². The molecule has 5 heteroatoms. The number of carbonyl (C=O) groups is 1. The van der Waals surface area contributed by atoms with Gasteiger partial charge >= 0.3 is 5.97 Å². The first-order chi connectivity index (χ1) is 6.77. The molecule has 14 heavy (non-hydrogen) atoms. The van der Waals surface area contributed by atoms with Crippen molar-refractivity contribution in [2.24, 2.45) is 4.99 Å². The lowest BCUT2D eigenvalue weighted by atomic mass is 10.2. The Morgan fingerprint density at radius 2 is 2.43 bits per heavy atom. The van der Waals surface area contributed by atoms with Crippen molar-refractivity contribution in [2.75, 3.05) is 7.11 Å². The molecule has 0 heterocycles. The Morgan fingerprint density at radius 1 is 1.64 bits per heavy atom. The van der Waals surface area contributed by atoms with Gasteiger partial charge in [0.1, 0.15) is 6.34 Å². The number of aliphatic imine (C=N–C) groups is 1. The molecule has 0 spiro atoms. The van der Waals surface area contributed by atoms with Crippen LogP contribution in [0.15, 0.2) is 29.3 Å². The zero-order chi connectivity index (χ0) is 10.4. The molecule has 0 bridgehead atoms. The van der Waals surface area contributed by atoms with Gasteiger partial charge in [0, 0.05) is 0 Å². The molecule has 0 radical (unpaired) electrons. The predicted octanol–water partition coefficient (Wildman–Crippen LogP) is 1.11. The van der Waals surface area contributed by atoms with Crippen molar-refractivity contribution in [1.29, 1.82) is 0 Å². The molecule has 1 aromatic rings. The van der Waals surface area contributed by atoms with Crippen LogP contribution in [0.4, 0.5) is 5.69 Å². The van der Waals surface area contributed by atoms with Gasteiger partial charge in [0.2, 0.25) is 0 Å². The zero-order valence-corrected chi connectivity index (χ0v) is 7.60. The summed E-state index contributed by atoms with van der Waals surface area (Å²) in [6.45, 7) is 0. The van der Waals surface area contributed by atoms with Gasteiger partial charge in [-0.1, -0.05) is 6.07 Å². The average molecular weight is 194 g/mol. The molecule has 0 unspecified atom stereocenters. The molecule has 0 aliphatic heterocycles. The van der Waals surface area contributed by atoms with E-state index in [1.54, 1.807) is 29.7 Å². The molecule has 2 N–H and O–H groups in total. The first-order valence-corrected chi connectivity index (χ1v) is 3.88. The summed E-state index contributed by atoms with van der Waals surface area (Å²) in [5, 5.41) is 8.26. The number of ether oxygens (including phenoxy) is 1. The van der Waals surface area contributed by atoms with Gasteiger partial charge in [0.15, 0.2) is 0 Å². The van der Waals surface area contributed by atoms with Crippen LogP contribution in [0.2, 0.25) is 0 Å². The molecule has 0 amide bonds. The number of carbonyl (C=O) groups excluding carboxylic acids is 1. The summed E-state index contributed by atoms with van der Waals surface area (Å²) in [6.07, 6.45) is 1.11. The smallest absolute Gasteiger partial charge is 0.337 e. The Hall–Kier alpha value is -1.88. The van der Waals surface area contributed by atoms with E-state index < -0.39 is 5.97 Å². The minimum absolute atomic E-state index is 0.417. The van der Waals surface area contributed by atoms with E-state index in [4.69, 9.17) is 5.21 Å². The van der Waals surface area contributed by atoms with E-state index in [9.17, 15) is 4.79 Å². The van der Waals surface area contributed by atoms with Crippen molar-refractivity contribution < 1.29 is 14.7 Å². The van der Waals surface area contributed by atoms with Gasteiger partial charge < -0.3 is 4.74 Å². The summed E-state index contributed by atoms with van der Waals surface area (Å²) in [4.78, 5) is 14.9. The number of nitrogens with one attached hydrogen (secondary N) is 1. The summed E-state index contributed by atoms with van der Waals surface area (Å²) < 4.78 is 4.54. The van der Waals surface area contributed by atoms with E-state index >= 15 is 0 Å². The summed E-state index contributed by atoms with van der Waals surface area (Å²) in [6, 6.07) is 6.55. The maximum atomic E-state index is 11.1. The van der Waals surface area contributed by atoms with Gasteiger partial charge in [-0.25, -0.2) is 9.79 Å². The van der Waals surface area contributed by atoms with E-state index in [1.165, 1.54) is 7.11 Å². The van der Waals surface area contributed by atoms with E-state index in [-0.39, 0.29) is 0 Å². The van der Waals surface area contributed by atoms with Crippen LogP contribution in [0.1, 0.15) is 10.4 Å². The number of rotatable bonds is 3. The normalized spacial score (nSPS) is 10.1. The Kier molecular flexibility index (Phi) is 3.63. The van der Waals surface area contributed by atoms with Crippen LogP contribution in [0.5, 0.6) is 0 Å². The van der Waals surface area contributed by atoms with Gasteiger partial charge in [0.25, 0.3) is 0 Å². The molecule has 0 saturated heterocycles. The third kappa shape index (κ3) is 2.56. The van der Waals surface area contributed by atoms with Crippen molar-refractivity contribution >= 4 is 18.0 Å². The molecule has 1 rings (SSSR count). The molecule has 0 saturated carbocycles. The topological polar surface area (TPSA) is 70.9 Å². The fourth-order valence-corrected chi connectivity index (χ4v) is 0.934. The van der Waals surface area contributed by atoms with Crippen molar-refractivity contribution in [3.8, 4) is 0 Å². The predicted molar refractivity (Wildman–Crippen MR) is 50.9 cm³/mol. The molecular weight excluding hydrogens is 184 g/mol. The van der Waals surface area contributed by atoms with Gasteiger partial charge in [0.05, 0.1) is 18.4 Å². The summed E-state index contributed by atoms with van der Waals surface area (Å²) in [7, 11) is 1.31. The molecular formula is C9H10N2O3. The van der Waals surface area contributed by atoms with E-state index in [0.29, 0.717) is 11.3 Å². The van der Waals surface area contributed by atoms with E-state index in [2.05, 4.69) is 9.73 Å². The van der Waals surface area contributed by atoms with Crippen molar-refractivity contribution in [3.63, 3.8) is 0 Å². The monoisotopic (exact) mass is 194 g/mol. The number of hydrogen-bond donors (Lipinski definition) is 2. The summed E-state index contributed by atoms with van der Waals surface area (Å²) in [5.41, 5.74) is 2.74. The average Bonchev–Trinajstić information content (AvgIpc) is 2.25. The number of nitrogens with zero attached hydrogens (tertiary/aromatic N) is 1. The molecule has 0 aliphatic carbocycles. The minimum atomic E-state index is -0.418. The Balaban J connectivity index is 2.89. The summed E-state index contributed by atoms with van der Waals surface area (Å²) in [5.74, 6) is -0.418. The SMILES string of the molecule is COC(=O)c1cccc(N=CNO)c1. The number of hydrogen-bond acceptors (Lipinski definition) is 4. The van der Waals surface area contributed by atoms with Crippen LogP contribution in [0, 0.1) is 0 Å². The van der Waals surface area contributed by atoms with Crippen LogP contribution in [0.25, 0.3) is 0 Å². The van der Waals surface area contributed by atoms with E-state index in [1.807, 2.05) is 0 Å². The standard InChI is InChI=1S/C9H10N2O3/c1-14-9(12)7-3-2-4-8(5-7)10-6-11-13/h2-6,13H,1H3,(H,10,11). The Labute approximate surface area is 81.0 Å². The second-order valence-electron chi connectivity index (χ2n) is 2.43. The molecule has 0 atom stereocenters. The van der Waals surface area contributed by atoms with Crippen molar-refractivity contribution in [1.82, 2.24) is 5.48 Å². The third-order valence-electron chi connectivity index (χ3n) is 1.54. The van der Waals surface area contributed by atoms with Crippen LogP contribution < -0.4 is 5.48 Å². The minimum Gasteiger partial charge on any atom is -0.465 e. The Morgan fingerprint density at radius 3 is 3.07 bits per heavy atom. The first kappa shape index (κ1) is 10.2. The number of hydroxylamine groups is 1. The molecule has 1 aromatic carbocycles. The largest absolute Gasteiger partial charge is 0.465 e. The number of benzene rings is 1. The van der Waals surface area contributed by atoms with Gasteiger partial charge in [-0.05, 0) is 18.2 Å². The van der Waals surface area contributed by atoms with Gasteiger partial charge in [-0.3, -0.25) is 10.7 Å². The number of methoxy groups -OCH3 is 1. The van der Waals surface area contributed by atoms with Crippen LogP contribution in [0.3, 0.4) is 0 Å². The highest BCUT2D eigenvalue weighted by molar-refractivity contribution is 5.90. The highest BCUT2D eigenvalue weighted by Gasteiger charge is 2.04.